The van der Waals surface area contributed by atoms with Crippen LogP contribution in [0.1, 0.15) is 32.8 Å². The van der Waals surface area contributed by atoms with E-state index in [9.17, 15) is 4.79 Å². The zero-order valence-electron chi connectivity index (χ0n) is 10.6. The molecule has 17 heavy (non-hydrogen) atoms. The third-order valence-electron chi connectivity index (χ3n) is 2.96. The van der Waals surface area contributed by atoms with Crippen molar-refractivity contribution < 1.29 is 4.79 Å². The van der Waals surface area contributed by atoms with Crippen molar-refractivity contribution in [2.45, 2.75) is 33.6 Å². The first-order chi connectivity index (χ1) is 7.98. The Balaban J connectivity index is 2.26. The van der Waals surface area contributed by atoms with Crippen LogP contribution in [0.3, 0.4) is 0 Å². The molecule has 0 aliphatic heterocycles. The Bertz CT molecular complexity index is 537. The average Bonchev–Trinajstić information content (AvgIpc) is 2.59. The summed E-state index contributed by atoms with van der Waals surface area (Å²) in [5.41, 5.74) is 1.42. The largest absolute Gasteiger partial charge is 0.300 e. The van der Waals surface area contributed by atoms with E-state index in [2.05, 4.69) is 43.5 Å². The molecule has 0 aliphatic carbocycles. The van der Waals surface area contributed by atoms with Crippen LogP contribution in [-0.2, 0) is 11.2 Å². The summed E-state index contributed by atoms with van der Waals surface area (Å²) in [5, 5.41) is 3.57. The maximum absolute atomic E-state index is 11.3. The van der Waals surface area contributed by atoms with Gasteiger partial charge in [-0.2, -0.15) is 0 Å². The number of benzene rings is 1. The first-order valence-corrected chi connectivity index (χ1v) is 6.80. The minimum Gasteiger partial charge on any atom is -0.300 e. The van der Waals surface area contributed by atoms with Gasteiger partial charge in [-0.05, 0) is 41.2 Å². The van der Waals surface area contributed by atoms with E-state index < -0.39 is 0 Å². The first-order valence-electron chi connectivity index (χ1n) is 5.92. The number of thiophene rings is 1. The van der Waals surface area contributed by atoms with Crippen LogP contribution in [0.4, 0.5) is 0 Å². The van der Waals surface area contributed by atoms with Gasteiger partial charge in [0.05, 0.1) is 0 Å². The minimum absolute atomic E-state index is 0.0513. The van der Waals surface area contributed by atoms with Gasteiger partial charge in [0.2, 0.25) is 0 Å². The highest BCUT2D eigenvalue weighted by molar-refractivity contribution is 7.17. The fraction of sp³-hybridized carbons (Fsp3) is 0.400. The minimum atomic E-state index is 0.0513. The summed E-state index contributed by atoms with van der Waals surface area (Å²) < 4.78 is 1.33. The average molecular weight is 246 g/mol. The summed E-state index contributed by atoms with van der Waals surface area (Å²) in [5.74, 6) is 0.273. The van der Waals surface area contributed by atoms with E-state index in [0.29, 0.717) is 6.42 Å². The van der Waals surface area contributed by atoms with E-state index in [1.54, 1.807) is 18.3 Å². The van der Waals surface area contributed by atoms with E-state index in [1.165, 1.54) is 15.6 Å². The second kappa shape index (κ2) is 4.61. The van der Waals surface area contributed by atoms with Gasteiger partial charge in [-0.3, -0.25) is 0 Å². The van der Waals surface area contributed by atoms with Crippen molar-refractivity contribution in [3.05, 3.63) is 35.2 Å². The topological polar surface area (TPSA) is 17.1 Å². The first kappa shape index (κ1) is 12.3. The fourth-order valence-corrected chi connectivity index (χ4v) is 3.38. The quantitative estimate of drug-likeness (QED) is 0.779. The Morgan fingerprint density at radius 3 is 2.71 bits per heavy atom. The summed E-state index contributed by atoms with van der Waals surface area (Å²) >= 11 is 1.79. The normalized spacial score (nSPS) is 11.9. The van der Waals surface area contributed by atoms with Gasteiger partial charge in [-0.25, -0.2) is 0 Å². The van der Waals surface area contributed by atoms with Crippen LogP contribution in [0.5, 0.6) is 0 Å². The molecule has 2 rings (SSSR count). The number of carbonyl (C=O) groups excluding carboxylic acids is 1. The summed E-state index contributed by atoms with van der Waals surface area (Å²) in [7, 11) is 0. The molecule has 0 saturated carbocycles. The lowest BCUT2D eigenvalue weighted by molar-refractivity contribution is -0.118. The van der Waals surface area contributed by atoms with Gasteiger partial charge in [0.25, 0.3) is 0 Å². The Morgan fingerprint density at radius 2 is 2.00 bits per heavy atom. The number of carbonyl (C=O) groups is 1. The number of rotatable bonds is 4. The van der Waals surface area contributed by atoms with Crippen molar-refractivity contribution in [1.82, 2.24) is 0 Å². The molecule has 90 valence electrons. The second-order valence-corrected chi connectivity index (χ2v) is 6.39. The lowest BCUT2D eigenvalue weighted by Crippen LogP contribution is -2.18. The van der Waals surface area contributed by atoms with Gasteiger partial charge >= 0.3 is 0 Å². The zero-order valence-corrected chi connectivity index (χ0v) is 11.4. The van der Waals surface area contributed by atoms with Gasteiger partial charge in [-0.1, -0.05) is 32.0 Å². The molecule has 2 heteroatoms. The van der Waals surface area contributed by atoms with Crippen LogP contribution in [-0.4, -0.2) is 5.78 Å². The molecule has 0 saturated heterocycles. The predicted molar refractivity (Wildman–Crippen MR) is 74.6 cm³/mol. The molecule has 0 unspecified atom stereocenters. The maximum Gasteiger partial charge on any atom is 0.130 e. The Hall–Kier alpha value is -1.15. The highest BCUT2D eigenvalue weighted by Gasteiger charge is 2.22. The molecule has 0 fully saturated rings. The molecule has 1 nitrogen and oxygen atoms in total. The lowest BCUT2D eigenvalue weighted by atomic mass is 9.81. The summed E-state index contributed by atoms with van der Waals surface area (Å²) in [6.07, 6.45) is 1.62. The van der Waals surface area contributed by atoms with Gasteiger partial charge in [0.15, 0.2) is 0 Å². The number of fused-ring (bicyclic) bond motifs is 1. The molecule has 0 bridgehead atoms. The molecule has 1 heterocycles. The molecule has 0 aliphatic rings. The highest BCUT2D eigenvalue weighted by Crippen LogP contribution is 2.33. The Morgan fingerprint density at radius 1 is 1.29 bits per heavy atom. The Kier molecular flexibility index (Phi) is 3.34. The van der Waals surface area contributed by atoms with E-state index >= 15 is 0 Å². The molecule has 2 aromatic rings. The van der Waals surface area contributed by atoms with E-state index in [-0.39, 0.29) is 11.2 Å². The molecule has 0 spiro atoms. The van der Waals surface area contributed by atoms with Crippen LogP contribution < -0.4 is 0 Å². The predicted octanol–water partition coefficient (Wildman–Crippen LogP) is 4.45. The Labute approximate surface area is 106 Å². The van der Waals surface area contributed by atoms with Gasteiger partial charge in [-0.15, -0.1) is 11.3 Å². The molecule has 0 N–H and O–H groups in total. The molecule has 1 aromatic heterocycles. The summed E-state index contributed by atoms with van der Waals surface area (Å²) in [6, 6.07) is 8.48. The molecule has 0 radical (unpaired) electrons. The number of hydrogen-bond acceptors (Lipinski definition) is 2. The standard InChI is InChI=1S/C15H18OS/c1-11(16)8-15(2,3)9-12-10-17-14-7-5-4-6-13(12)14/h4-7,10H,8-9H2,1-3H3. The summed E-state index contributed by atoms with van der Waals surface area (Å²) in [4.78, 5) is 11.3. The van der Waals surface area contributed by atoms with Crippen molar-refractivity contribution in [1.29, 1.82) is 0 Å². The van der Waals surface area contributed by atoms with Crippen LogP contribution in [0.2, 0.25) is 0 Å². The van der Waals surface area contributed by atoms with Crippen LogP contribution in [0.25, 0.3) is 10.1 Å². The van der Waals surface area contributed by atoms with Crippen LogP contribution in [0.15, 0.2) is 29.6 Å². The lowest BCUT2D eigenvalue weighted by Gasteiger charge is -2.22. The van der Waals surface area contributed by atoms with Crippen molar-refractivity contribution in [2.24, 2.45) is 5.41 Å². The monoisotopic (exact) mass is 246 g/mol. The molecular formula is C15H18OS. The number of hydrogen-bond donors (Lipinski definition) is 0. The second-order valence-electron chi connectivity index (χ2n) is 5.48. The molecular weight excluding hydrogens is 228 g/mol. The third-order valence-corrected chi connectivity index (χ3v) is 3.97. The van der Waals surface area contributed by atoms with Crippen molar-refractivity contribution >= 4 is 27.2 Å². The van der Waals surface area contributed by atoms with E-state index in [1.807, 2.05) is 0 Å². The third kappa shape index (κ3) is 2.95. The van der Waals surface area contributed by atoms with Gasteiger partial charge in [0, 0.05) is 11.1 Å². The number of Topliss-reactive ketones (excluding diaryl/α,β-unsaturated/α-hetero) is 1. The highest BCUT2D eigenvalue weighted by atomic mass is 32.1. The van der Waals surface area contributed by atoms with Crippen molar-refractivity contribution in [3.63, 3.8) is 0 Å². The smallest absolute Gasteiger partial charge is 0.130 e. The van der Waals surface area contributed by atoms with Crippen molar-refractivity contribution in [3.8, 4) is 0 Å². The van der Waals surface area contributed by atoms with Crippen LogP contribution >= 0.6 is 11.3 Å². The van der Waals surface area contributed by atoms with Crippen LogP contribution in [0, 0.1) is 5.41 Å². The maximum atomic E-state index is 11.3. The fourth-order valence-electron chi connectivity index (χ4n) is 2.42. The van der Waals surface area contributed by atoms with E-state index in [4.69, 9.17) is 0 Å². The SMILES string of the molecule is CC(=O)CC(C)(C)Cc1csc2ccccc12. The molecule has 1 aromatic carbocycles. The van der Waals surface area contributed by atoms with Gasteiger partial charge in [0.1, 0.15) is 5.78 Å². The van der Waals surface area contributed by atoms with E-state index in [0.717, 1.165) is 6.42 Å². The van der Waals surface area contributed by atoms with Gasteiger partial charge < -0.3 is 4.79 Å². The number of ketones is 1. The molecule has 0 atom stereocenters. The summed E-state index contributed by atoms with van der Waals surface area (Å²) in [6.45, 7) is 6.01. The zero-order chi connectivity index (χ0) is 12.5. The van der Waals surface area contributed by atoms with Crippen molar-refractivity contribution in [2.75, 3.05) is 0 Å². The molecule has 0 amide bonds.